The van der Waals surface area contributed by atoms with Gasteiger partial charge in [-0.3, -0.25) is 4.79 Å². The van der Waals surface area contributed by atoms with E-state index in [0.717, 1.165) is 16.3 Å². The number of rotatable bonds is 0. The average Bonchev–Trinajstić information content (AvgIpc) is 2.85. The second kappa shape index (κ2) is 5.52. The van der Waals surface area contributed by atoms with Crippen LogP contribution in [0.4, 0.5) is 0 Å². The Morgan fingerprint density at radius 3 is 1.97 bits per heavy atom. The van der Waals surface area contributed by atoms with Gasteiger partial charge in [0.1, 0.15) is 0 Å². The third kappa shape index (κ3) is 1.80. The van der Waals surface area contributed by atoms with Crippen LogP contribution in [0.25, 0.3) is 70.7 Å². The summed E-state index contributed by atoms with van der Waals surface area (Å²) >= 11 is 0. The molecular formula is C31H16O. The van der Waals surface area contributed by atoms with Crippen molar-refractivity contribution in [3.05, 3.63) is 102 Å². The van der Waals surface area contributed by atoms with Gasteiger partial charge in [0.05, 0.1) is 0 Å². The summed E-state index contributed by atoms with van der Waals surface area (Å²) in [6.07, 6.45) is 3.79. The van der Waals surface area contributed by atoms with Gasteiger partial charge in [0, 0.05) is 10.9 Å². The molecule has 1 heteroatoms. The van der Waals surface area contributed by atoms with E-state index in [4.69, 9.17) is 0 Å². The Morgan fingerprint density at radius 1 is 0.406 bits per heavy atom. The van der Waals surface area contributed by atoms with E-state index in [1.165, 1.54) is 59.4 Å². The van der Waals surface area contributed by atoms with Gasteiger partial charge in [0.15, 0.2) is 5.78 Å². The molecule has 0 radical (unpaired) electrons. The first-order chi connectivity index (χ1) is 15.8. The van der Waals surface area contributed by atoms with Crippen LogP contribution in [0.15, 0.2) is 91.0 Å². The van der Waals surface area contributed by atoms with E-state index < -0.39 is 0 Å². The first kappa shape index (κ1) is 16.5. The SMILES string of the molecule is O=C1C=Cc2c3c1cccc3c1ccc3cccc4c5ccc6ccccc6c5c2c1c34. The zero-order chi connectivity index (χ0) is 21.0. The quantitative estimate of drug-likeness (QED) is 0.184. The molecule has 0 bridgehead atoms. The van der Waals surface area contributed by atoms with Gasteiger partial charge >= 0.3 is 0 Å². The van der Waals surface area contributed by atoms with Crippen molar-refractivity contribution < 1.29 is 4.79 Å². The lowest BCUT2D eigenvalue weighted by Crippen LogP contribution is -2.03. The molecule has 0 atom stereocenters. The highest BCUT2D eigenvalue weighted by atomic mass is 16.1. The summed E-state index contributed by atoms with van der Waals surface area (Å²) < 4.78 is 0. The van der Waals surface area contributed by atoms with E-state index >= 15 is 0 Å². The minimum atomic E-state index is 0.0880. The second-order valence-electron chi connectivity index (χ2n) is 8.82. The largest absolute Gasteiger partial charge is 0.289 e. The van der Waals surface area contributed by atoms with Crippen LogP contribution in [-0.4, -0.2) is 5.78 Å². The second-order valence-corrected chi connectivity index (χ2v) is 8.82. The van der Waals surface area contributed by atoms with Crippen LogP contribution in [0.1, 0.15) is 15.9 Å². The molecule has 0 amide bonds. The monoisotopic (exact) mass is 404 g/mol. The van der Waals surface area contributed by atoms with E-state index in [-0.39, 0.29) is 5.78 Å². The van der Waals surface area contributed by atoms with Crippen LogP contribution in [0.3, 0.4) is 0 Å². The highest BCUT2D eigenvalue weighted by molar-refractivity contribution is 6.43. The number of ketones is 1. The number of hydrogen-bond acceptors (Lipinski definition) is 1. The van der Waals surface area contributed by atoms with E-state index in [1.807, 2.05) is 18.2 Å². The predicted molar refractivity (Wildman–Crippen MR) is 136 cm³/mol. The number of carbonyl (C=O) groups excluding carboxylic acids is 1. The van der Waals surface area contributed by atoms with Crippen LogP contribution in [-0.2, 0) is 0 Å². The molecule has 8 rings (SSSR count). The first-order valence-corrected chi connectivity index (χ1v) is 11.0. The van der Waals surface area contributed by atoms with Crippen LogP contribution in [0.5, 0.6) is 0 Å². The fraction of sp³-hybridized carbons (Fsp3) is 0. The van der Waals surface area contributed by atoms with Gasteiger partial charge in [-0.05, 0) is 77.0 Å². The lowest BCUT2D eigenvalue weighted by atomic mass is 9.80. The molecule has 1 aliphatic carbocycles. The van der Waals surface area contributed by atoms with Crippen molar-refractivity contribution in [3.63, 3.8) is 0 Å². The van der Waals surface area contributed by atoms with Crippen molar-refractivity contribution in [1.29, 1.82) is 0 Å². The third-order valence-electron chi connectivity index (χ3n) is 7.32. The highest BCUT2D eigenvalue weighted by Crippen LogP contribution is 2.48. The molecule has 0 unspecified atom stereocenters. The van der Waals surface area contributed by atoms with Crippen molar-refractivity contribution in [1.82, 2.24) is 0 Å². The van der Waals surface area contributed by atoms with Gasteiger partial charge in [-0.1, -0.05) is 84.9 Å². The molecule has 146 valence electrons. The van der Waals surface area contributed by atoms with Crippen LogP contribution >= 0.6 is 0 Å². The summed E-state index contributed by atoms with van der Waals surface area (Å²) in [5.74, 6) is 0.0880. The molecule has 0 saturated carbocycles. The zero-order valence-corrected chi connectivity index (χ0v) is 17.1. The molecule has 1 aliphatic rings. The Bertz CT molecular complexity index is 1980. The number of allylic oxidation sites excluding steroid dienone is 1. The van der Waals surface area contributed by atoms with E-state index in [0.29, 0.717) is 0 Å². The first-order valence-electron chi connectivity index (χ1n) is 11.0. The maximum atomic E-state index is 12.8. The average molecular weight is 404 g/mol. The van der Waals surface area contributed by atoms with Gasteiger partial charge in [-0.15, -0.1) is 0 Å². The molecule has 7 aromatic rings. The van der Waals surface area contributed by atoms with E-state index in [2.05, 4.69) is 72.8 Å². The molecule has 0 spiro atoms. The molecule has 32 heavy (non-hydrogen) atoms. The van der Waals surface area contributed by atoms with Gasteiger partial charge in [0.25, 0.3) is 0 Å². The van der Waals surface area contributed by atoms with Crippen LogP contribution < -0.4 is 0 Å². The Morgan fingerprint density at radius 2 is 1.06 bits per heavy atom. The molecule has 0 N–H and O–H groups in total. The number of fused-ring (bicyclic) bond motifs is 7. The molecule has 0 aromatic heterocycles. The summed E-state index contributed by atoms with van der Waals surface area (Å²) in [6, 6.07) is 30.4. The number of carbonyl (C=O) groups is 1. The molecule has 0 fully saturated rings. The van der Waals surface area contributed by atoms with Crippen molar-refractivity contribution in [2.45, 2.75) is 0 Å². The Hall–Kier alpha value is -4.23. The number of benzene rings is 7. The molecular weight excluding hydrogens is 388 g/mol. The maximum Gasteiger partial charge on any atom is 0.186 e. The Balaban J connectivity index is 1.87. The highest BCUT2D eigenvalue weighted by Gasteiger charge is 2.23. The molecule has 1 nitrogen and oxygen atoms in total. The maximum absolute atomic E-state index is 12.8. The minimum Gasteiger partial charge on any atom is -0.289 e. The summed E-state index contributed by atoms with van der Waals surface area (Å²) in [6.45, 7) is 0. The topological polar surface area (TPSA) is 17.1 Å². The normalized spacial score (nSPS) is 13.6. The summed E-state index contributed by atoms with van der Waals surface area (Å²) in [4.78, 5) is 12.8. The fourth-order valence-corrected chi connectivity index (χ4v) is 6.06. The fourth-order valence-electron chi connectivity index (χ4n) is 6.06. The molecule has 0 saturated heterocycles. The summed E-state index contributed by atoms with van der Waals surface area (Å²) in [5.41, 5.74) is 1.97. The summed E-state index contributed by atoms with van der Waals surface area (Å²) in [7, 11) is 0. The van der Waals surface area contributed by atoms with E-state index in [1.54, 1.807) is 6.08 Å². The zero-order valence-electron chi connectivity index (χ0n) is 17.1. The van der Waals surface area contributed by atoms with Gasteiger partial charge in [-0.2, -0.15) is 0 Å². The predicted octanol–water partition coefficient (Wildman–Crippen LogP) is 8.25. The molecule has 0 heterocycles. The number of hydrogen-bond donors (Lipinski definition) is 0. The van der Waals surface area contributed by atoms with Crippen molar-refractivity contribution in [2.75, 3.05) is 0 Å². The molecule has 0 aliphatic heterocycles. The van der Waals surface area contributed by atoms with E-state index in [9.17, 15) is 4.79 Å². The standard InChI is InChI=1S/C31H16O/c32-26-16-15-25-28-21(9-4-10-24(26)28)23-14-12-18-6-3-8-20-22-13-11-17-5-1-2-7-19(17)29(22)31(25)30(23)27(18)20/h1-16H. The molecule has 7 aromatic carbocycles. The van der Waals surface area contributed by atoms with Crippen LogP contribution in [0.2, 0.25) is 0 Å². The van der Waals surface area contributed by atoms with Gasteiger partial charge < -0.3 is 0 Å². The van der Waals surface area contributed by atoms with Gasteiger partial charge in [0.2, 0.25) is 0 Å². The lowest BCUT2D eigenvalue weighted by molar-refractivity contribution is 0.104. The Labute approximate surface area is 183 Å². The van der Waals surface area contributed by atoms with Crippen molar-refractivity contribution in [2.24, 2.45) is 0 Å². The van der Waals surface area contributed by atoms with Crippen molar-refractivity contribution >= 4 is 76.5 Å². The Kier molecular flexibility index (Phi) is 2.84. The lowest BCUT2D eigenvalue weighted by Gasteiger charge is -2.22. The smallest absolute Gasteiger partial charge is 0.186 e. The van der Waals surface area contributed by atoms with Crippen molar-refractivity contribution in [3.8, 4) is 0 Å². The van der Waals surface area contributed by atoms with Crippen LogP contribution in [0, 0.1) is 0 Å². The third-order valence-corrected chi connectivity index (χ3v) is 7.32. The summed E-state index contributed by atoms with van der Waals surface area (Å²) in [5, 5.41) is 15.0. The van der Waals surface area contributed by atoms with Gasteiger partial charge in [-0.25, -0.2) is 0 Å². The minimum absolute atomic E-state index is 0.0880.